The molecule has 4 heterocycles. The number of nitrogens with zero attached hydrogens (tertiary/aromatic N) is 5. The Morgan fingerprint density at radius 2 is 1.87 bits per heavy atom. The lowest BCUT2D eigenvalue weighted by molar-refractivity contribution is 0.0845. The second-order valence-corrected chi connectivity index (χ2v) is 12.6. The third-order valence-corrected chi connectivity index (χ3v) is 9.35. The van der Waals surface area contributed by atoms with Crippen molar-refractivity contribution < 1.29 is 13.2 Å². The SMILES string of the molecule is CC1(C)CCc2cc(S(=O)(=O)N3CCC(c4nc5c(nnn5Cc5ccccc5)c(=O)[nH]4)CC3)ccc2O1. The number of aromatic amines is 1. The minimum atomic E-state index is -3.64. The molecule has 0 amide bonds. The van der Waals surface area contributed by atoms with Gasteiger partial charge in [-0.3, -0.25) is 4.79 Å². The maximum absolute atomic E-state index is 13.4. The van der Waals surface area contributed by atoms with Crippen LogP contribution in [-0.4, -0.2) is 56.4 Å². The third-order valence-electron chi connectivity index (χ3n) is 7.46. The first-order valence-corrected chi connectivity index (χ1v) is 14.3. The second-order valence-electron chi connectivity index (χ2n) is 10.7. The van der Waals surface area contributed by atoms with E-state index < -0.39 is 10.0 Å². The molecule has 2 aromatic carbocycles. The number of sulfonamides is 1. The van der Waals surface area contributed by atoms with Crippen LogP contribution in [-0.2, 0) is 23.0 Å². The normalized spacial score (nSPS) is 18.3. The molecule has 0 spiro atoms. The molecule has 1 saturated heterocycles. The van der Waals surface area contributed by atoms with Crippen molar-refractivity contribution in [3.63, 3.8) is 0 Å². The summed E-state index contributed by atoms with van der Waals surface area (Å²) in [5.74, 6) is 1.23. The van der Waals surface area contributed by atoms with Gasteiger partial charge in [-0.25, -0.2) is 18.1 Å². The highest BCUT2D eigenvalue weighted by Crippen LogP contribution is 2.36. The van der Waals surface area contributed by atoms with E-state index in [4.69, 9.17) is 9.72 Å². The number of hydrogen-bond donors (Lipinski definition) is 1. The molecule has 11 heteroatoms. The molecule has 198 valence electrons. The number of fused-ring (bicyclic) bond motifs is 2. The maximum Gasteiger partial charge on any atom is 0.281 e. The Bertz CT molecular complexity index is 1650. The number of aromatic nitrogens is 5. The summed E-state index contributed by atoms with van der Waals surface area (Å²) in [5.41, 5.74) is 2.00. The first-order valence-electron chi connectivity index (χ1n) is 12.9. The van der Waals surface area contributed by atoms with E-state index in [0.29, 0.717) is 48.8 Å². The number of benzene rings is 2. The van der Waals surface area contributed by atoms with Gasteiger partial charge < -0.3 is 9.72 Å². The lowest BCUT2D eigenvalue weighted by Crippen LogP contribution is -2.38. The van der Waals surface area contributed by atoms with Gasteiger partial charge in [0.2, 0.25) is 10.0 Å². The molecule has 2 aromatic heterocycles. The van der Waals surface area contributed by atoms with Crippen LogP contribution in [0, 0.1) is 0 Å². The highest BCUT2D eigenvalue weighted by Gasteiger charge is 2.33. The fourth-order valence-corrected chi connectivity index (χ4v) is 6.77. The molecule has 2 aliphatic rings. The topological polar surface area (TPSA) is 123 Å². The van der Waals surface area contributed by atoms with Gasteiger partial charge in [-0.2, -0.15) is 4.31 Å². The Hall–Kier alpha value is -3.57. The van der Waals surface area contributed by atoms with Crippen molar-refractivity contribution in [2.24, 2.45) is 0 Å². The minimum absolute atomic E-state index is 0.0715. The summed E-state index contributed by atoms with van der Waals surface area (Å²) in [5, 5.41) is 8.17. The van der Waals surface area contributed by atoms with Crippen molar-refractivity contribution in [1.82, 2.24) is 29.3 Å². The molecule has 2 aliphatic heterocycles. The van der Waals surface area contributed by atoms with Gasteiger partial charge >= 0.3 is 0 Å². The first kappa shape index (κ1) is 24.7. The number of H-pyrrole nitrogens is 1. The molecule has 10 nitrogen and oxygen atoms in total. The summed E-state index contributed by atoms with van der Waals surface area (Å²) in [4.78, 5) is 20.6. The molecule has 0 bridgehead atoms. The van der Waals surface area contributed by atoms with Crippen molar-refractivity contribution in [2.45, 2.75) is 62.5 Å². The Morgan fingerprint density at radius 3 is 2.63 bits per heavy atom. The molecule has 0 atom stereocenters. The Balaban J connectivity index is 1.19. The molecule has 4 aromatic rings. The van der Waals surface area contributed by atoms with Gasteiger partial charge in [-0.1, -0.05) is 35.5 Å². The monoisotopic (exact) mass is 534 g/mol. The second kappa shape index (κ2) is 9.32. The summed E-state index contributed by atoms with van der Waals surface area (Å²) in [6, 6.07) is 14.9. The summed E-state index contributed by atoms with van der Waals surface area (Å²) < 4.78 is 36.1. The zero-order valence-electron chi connectivity index (χ0n) is 21.4. The van der Waals surface area contributed by atoms with Crippen molar-refractivity contribution >= 4 is 21.2 Å². The number of rotatable bonds is 5. The lowest BCUT2D eigenvalue weighted by Gasteiger charge is -2.33. The number of hydrogen-bond acceptors (Lipinski definition) is 7. The molecule has 38 heavy (non-hydrogen) atoms. The van der Waals surface area contributed by atoms with Crippen LogP contribution in [0.3, 0.4) is 0 Å². The summed E-state index contributed by atoms with van der Waals surface area (Å²) in [6.07, 6.45) is 2.72. The Kier molecular flexibility index (Phi) is 6.07. The van der Waals surface area contributed by atoms with Crippen LogP contribution in [0.5, 0.6) is 5.75 Å². The fraction of sp³-hybridized carbons (Fsp3) is 0.407. The molecule has 6 rings (SSSR count). The van der Waals surface area contributed by atoms with Crippen molar-refractivity contribution in [2.75, 3.05) is 13.1 Å². The zero-order chi connectivity index (χ0) is 26.5. The molecule has 0 aliphatic carbocycles. The van der Waals surface area contributed by atoms with E-state index in [9.17, 15) is 13.2 Å². The van der Waals surface area contributed by atoms with Crippen LogP contribution in [0.25, 0.3) is 11.2 Å². The quantitative estimate of drug-likeness (QED) is 0.417. The third kappa shape index (κ3) is 4.60. The van der Waals surface area contributed by atoms with Gasteiger partial charge in [0, 0.05) is 19.0 Å². The summed E-state index contributed by atoms with van der Waals surface area (Å²) >= 11 is 0. The van der Waals surface area contributed by atoms with Crippen LogP contribution in [0.4, 0.5) is 0 Å². The average Bonchev–Trinajstić information content (AvgIpc) is 3.31. The first-order chi connectivity index (χ1) is 18.2. The van der Waals surface area contributed by atoms with Crippen LogP contribution in [0.1, 0.15) is 56.0 Å². The van der Waals surface area contributed by atoms with Gasteiger partial charge in [0.05, 0.1) is 11.4 Å². The lowest BCUT2D eigenvalue weighted by atomic mass is 9.94. The van der Waals surface area contributed by atoms with Crippen LogP contribution >= 0.6 is 0 Å². The standard InChI is InChI=1S/C27H30N6O4S/c1-27(2)13-10-20-16-21(8-9-22(20)37-27)38(35,36)32-14-11-19(12-15-32)24-28-25-23(26(34)29-24)30-31-33(25)17-18-6-4-3-5-7-18/h3-9,16,19H,10-15,17H2,1-2H3,(H,28,29,34). The largest absolute Gasteiger partial charge is 0.488 e. The van der Waals surface area contributed by atoms with E-state index in [-0.39, 0.29) is 22.6 Å². The number of nitrogens with one attached hydrogen (secondary N) is 1. The molecular weight excluding hydrogens is 504 g/mol. The smallest absolute Gasteiger partial charge is 0.281 e. The van der Waals surface area contributed by atoms with Crippen LogP contribution < -0.4 is 10.3 Å². The molecule has 1 N–H and O–H groups in total. The minimum Gasteiger partial charge on any atom is -0.488 e. The van der Waals surface area contributed by atoms with E-state index in [0.717, 1.165) is 29.7 Å². The molecule has 0 radical (unpaired) electrons. The number of ether oxygens (including phenoxy) is 1. The van der Waals surface area contributed by atoms with Gasteiger partial charge in [0.15, 0.2) is 11.2 Å². The van der Waals surface area contributed by atoms with E-state index in [2.05, 4.69) is 15.3 Å². The molecule has 0 saturated carbocycles. The fourth-order valence-electron chi connectivity index (χ4n) is 5.25. The van der Waals surface area contributed by atoms with Crippen LogP contribution in [0.2, 0.25) is 0 Å². The van der Waals surface area contributed by atoms with Crippen molar-refractivity contribution in [1.29, 1.82) is 0 Å². The van der Waals surface area contributed by atoms with Gasteiger partial charge in [-0.15, -0.1) is 5.10 Å². The van der Waals surface area contributed by atoms with Gasteiger partial charge in [0.1, 0.15) is 17.2 Å². The summed E-state index contributed by atoms with van der Waals surface area (Å²) in [6.45, 7) is 5.22. The predicted molar refractivity (Wildman–Crippen MR) is 142 cm³/mol. The van der Waals surface area contributed by atoms with E-state index in [1.807, 2.05) is 44.2 Å². The van der Waals surface area contributed by atoms with E-state index >= 15 is 0 Å². The zero-order valence-corrected chi connectivity index (χ0v) is 22.2. The number of aryl methyl sites for hydroxylation is 1. The Labute approximate surface area is 220 Å². The average molecular weight is 535 g/mol. The highest BCUT2D eigenvalue weighted by atomic mass is 32.2. The highest BCUT2D eigenvalue weighted by molar-refractivity contribution is 7.89. The van der Waals surface area contributed by atoms with Gasteiger partial charge in [-0.05, 0) is 68.9 Å². The van der Waals surface area contributed by atoms with E-state index in [1.54, 1.807) is 22.9 Å². The predicted octanol–water partition coefficient (Wildman–Crippen LogP) is 3.23. The summed E-state index contributed by atoms with van der Waals surface area (Å²) in [7, 11) is -3.64. The van der Waals surface area contributed by atoms with Crippen LogP contribution in [0.15, 0.2) is 58.2 Å². The maximum atomic E-state index is 13.4. The number of piperidine rings is 1. The molecule has 0 unspecified atom stereocenters. The molecule has 1 fully saturated rings. The Morgan fingerprint density at radius 1 is 1.11 bits per heavy atom. The molecular formula is C27H30N6O4S. The van der Waals surface area contributed by atoms with Gasteiger partial charge in [0.25, 0.3) is 5.56 Å². The van der Waals surface area contributed by atoms with E-state index in [1.165, 1.54) is 4.31 Å². The van der Waals surface area contributed by atoms with Crippen molar-refractivity contribution in [3.8, 4) is 5.75 Å². The van der Waals surface area contributed by atoms with Crippen molar-refractivity contribution in [3.05, 3.63) is 75.8 Å².